The lowest BCUT2D eigenvalue weighted by Crippen LogP contribution is -2.59. The fourth-order valence-corrected chi connectivity index (χ4v) is 4.02. The molecule has 1 fully saturated rings. The number of benzene rings is 1. The van der Waals surface area contributed by atoms with Crippen LogP contribution >= 0.6 is 0 Å². The topological polar surface area (TPSA) is 64.6 Å². The van der Waals surface area contributed by atoms with Gasteiger partial charge in [-0.1, -0.05) is 17.7 Å². The first-order valence-corrected chi connectivity index (χ1v) is 9.75. The smallest absolute Gasteiger partial charge is 0.331 e. The highest BCUT2D eigenvalue weighted by atomic mass is 16.5. The molecule has 0 heterocycles. The molecule has 0 unspecified atom stereocenters. The lowest BCUT2D eigenvalue weighted by Gasteiger charge is -2.43. The van der Waals surface area contributed by atoms with Gasteiger partial charge in [-0.3, -0.25) is 4.79 Å². The molecule has 1 aromatic carbocycles. The fourth-order valence-electron chi connectivity index (χ4n) is 4.02. The summed E-state index contributed by atoms with van der Waals surface area (Å²) in [6, 6.07) is 4.17. The summed E-state index contributed by atoms with van der Waals surface area (Å²) in [5, 5.41) is 3.03. The highest BCUT2D eigenvalue weighted by Gasteiger charge is 2.47. The molecule has 1 aromatic rings. The summed E-state index contributed by atoms with van der Waals surface area (Å²) in [5.74, 6) is -0.479. The van der Waals surface area contributed by atoms with E-state index in [1.807, 2.05) is 20.8 Å². The van der Waals surface area contributed by atoms with E-state index >= 15 is 0 Å². The lowest BCUT2D eigenvalue weighted by molar-refractivity contribution is -0.158. The molecule has 5 nitrogen and oxygen atoms in total. The van der Waals surface area contributed by atoms with Gasteiger partial charge in [-0.25, -0.2) is 4.79 Å². The van der Waals surface area contributed by atoms with Crippen LogP contribution in [0.2, 0.25) is 0 Å². The zero-order chi connectivity index (χ0) is 20.2. The van der Waals surface area contributed by atoms with E-state index in [0.29, 0.717) is 32.3 Å². The van der Waals surface area contributed by atoms with Gasteiger partial charge in [0.1, 0.15) is 5.54 Å². The second-order valence-electron chi connectivity index (χ2n) is 8.06. The minimum absolute atomic E-state index is 0.140. The molecule has 1 amide bonds. The highest BCUT2D eigenvalue weighted by molar-refractivity contribution is 5.89. The third-order valence-electron chi connectivity index (χ3n) is 5.88. The van der Waals surface area contributed by atoms with Crippen LogP contribution < -0.4 is 5.32 Å². The Bertz CT molecular complexity index is 679. The molecule has 1 aliphatic rings. The zero-order valence-corrected chi connectivity index (χ0v) is 17.5. The van der Waals surface area contributed by atoms with Gasteiger partial charge < -0.3 is 14.8 Å². The van der Waals surface area contributed by atoms with Gasteiger partial charge in [-0.2, -0.15) is 0 Å². The van der Waals surface area contributed by atoms with Crippen LogP contribution in [0.5, 0.6) is 0 Å². The van der Waals surface area contributed by atoms with Gasteiger partial charge in [0.2, 0.25) is 5.91 Å². The van der Waals surface area contributed by atoms with Crippen LogP contribution in [-0.2, 0) is 25.5 Å². The Morgan fingerprint density at radius 2 is 1.63 bits per heavy atom. The molecule has 0 aliphatic heterocycles. The van der Waals surface area contributed by atoms with E-state index in [1.165, 1.54) is 5.56 Å². The van der Waals surface area contributed by atoms with Gasteiger partial charge in [-0.05, 0) is 77.0 Å². The van der Waals surface area contributed by atoms with Crippen molar-refractivity contribution < 1.29 is 19.1 Å². The monoisotopic (exact) mass is 375 g/mol. The Morgan fingerprint density at radius 1 is 1.07 bits per heavy atom. The molecule has 150 valence electrons. The first-order valence-electron chi connectivity index (χ1n) is 9.75. The first-order chi connectivity index (χ1) is 12.6. The predicted molar refractivity (Wildman–Crippen MR) is 106 cm³/mol. The summed E-state index contributed by atoms with van der Waals surface area (Å²) in [5.41, 5.74) is 3.19. The van der Waals surface area contributed by atoms with Crippen LogP contribution in [0.4, 0.5) is 0 Å². The van der Waals surface area contributed by atoms with Crippen molar-refractivity contribution in [1.82, 2.24) is 5.32 Å². The van der Waals surface area contributed by atoms with Crippen LogP contribution in [-0.4, -0.2) is 36.7 Å². The van der Waals surface area contributed by atoms with Gasteiger partial charge in [0.15, 0.2) is 0 Å². The van der Waals surface area contributed by atoms with Crippen LogP contribution in [0.1, 0.15) is 61.8 Å². The SMILES string of the molecule is CCOC(=O)C1(NC(=O)Cc2c(C)cc(C)cc2C)CCC(C)(OC)CC1. The molecule has 0 spiro atoms. The third-order valence-corrected chi connectivity index (χ3v) is 5.88. The molecule has 0 atom stereocenters. The average Bonchev–Trinajstić information content (AvgIpc) is 2.60. The maximum Gasteiger partial charge on any atom is 0.331 e. The molecule has 0 bridgehead atoms. The second-order valence-corrected chi connectivity index (χ2v) is 8.06. The average molecular weight is 376 g/mol. The van der Waals surface area contributed by atoms with E-state index < -0.39 is 5.54 Å². The molecule has 2 rings (SSSR count). The molecule has 1 N–H and O–H groups in total. The molecular weight excluding hydrogens is 342 g/mol. The Morgan fingerprint density at radius 3 is 2.11 bits per heavy atom. The summed E-state index contributed by atoms with van der Waals surface area (Å²) in [6.07, 6.45) is 2.71. The van der Waals surface area contributed by atoms with Crippen molar-refractivity contribution in [3.63, 3.8) is 0 Å². The van der Waals surface area contributed by atoms with Crippen molar-refractivity contribution in [2.75, 3.05) is 13.7 Å². The van der Waals surface area contributed by atoms with E-state index in [1.54, 1.807) is 14.0 Å². The quantitative estimate of drug-likeness (QED) is 0.772. The summed E-state index contributed by atoms with van der Waals surface area (Å²) in [7, 11) is 1.69. The minimum atomic E-state index is -0.961. The number of methoxy groups -OCH3 is 1. The number of carbonyl (C=O) groups excluding carboxylic acids is 2. The van der Waals surface area contributed by atoms with Gasteiger partial charge in [0, 0.05) is 7.11 Å². The Balaban J connectivity index is 2.19. The summed E-state index contributed by atoms with van der Waals surface area (Å²) in [4.78, 5) is 25.6. The van der Waals surface area contributed by atoms with Crippen molar-refractivity contribution in [2.45, 2.75) is 77.9 Å². The number of rotatable bonds is 6. The summed E-state index contributed by atoms with van der Waals surface area (Å²) < 4.78 is 10.9. The van der Waals surface area contributed by atoms with Crippen molar-refractivity contribution in [3.05, 3.63) is 34.4 Å². The largest absolute Gasteiger partial charge is 0.464 e. The predicted octanol–water partition coefficient (Wildman–Crippen LogP) is 3.55. The van der Waals surface area contributed by atoms with Gasteiger partial charge in [0.25, 0.3) is 0 Å². The van der Waals surface area contributed by atoms with Crippen molar-refractivity contribution in [2.24, 2.45) is 0 Å². The Kier molecular flexibility index (Phi) is 6.68. The second kappa shape index (κ2) is 8.42. The third kappa shape index (κ3) is 4.89. The zero-order valence-electron chi connectivity index (χ0n) is 17.5. The van der Waals surface area contributed by atoms with Crippen molar-refractivity contribution >= 4 is 11.9 Å². The Hall–Kier alpha value is -1.88. The van der Waals surface area contributed by atoms with Gasteiger partial charge >= 0.3 is 5.97 Å². The summed E-state index contributed by atoms with van der Waals surface area (Å²) >= 11 is 0. The van der Waals surface area contributed by atoms with Gasteiger partial charge in [0.05, 0.1) is 18.6 Å². The van der Waals surface area contributed by atoms with E-state index in [0.717, 1.165) is 16.7 Å². The molecule has 1 aliphatic carbocycles. The number of amides is 1. The van der Waals surface area contributed by atoms with E-state index in [4.69, 9.17) is 9.47 Å². The van der Waals surface area contributed by atoms with Crippen LogP contribution in [0, 0.1) is 20.8 Å². The van der Waals surface area contributed by atoms with Crippen molar-refractivity contribution in [3.8, 4) is 0 Å². The van der Waals surface area contributed by atoms with Gasteiger partial charge in [-0.15, -0.1) is 0 Å². The normalized spacial score (nSPS) is 25.1. The maximum absolute atomic E-state index is 12.9. The summed E-state index contributed by atoms with van der Waals surface area (Å²) in [6.45, 7) is 10.2. The van der Waals surface area contributed by atoms with E-state index in [2.05, 4.69) is 24.4 Å². The first kappa shape index (κ1) is 21.4. The number of aryl methyl sites for hydroxylation is 3. The highest BCUT2D eigenvalue weighted by Crippen LogP contribution is 2.37. The number of ether oxygens (including phenoxy) is 2. The molecule has 0 radical (unpaired) electrons. The van der Waals surface area contributed by atoms with Crippen LogP contribution in [0.15, 0.2) is 12.1 Å². The maximum atomic E-state index is 12.9. The molecule has 0 saturated heterocycles. The fraction of sp³-hybridized carbons (Fsp3) is 0.636. The number of hydrogen-bond acceptors (Lipinski definition) is 4. The van der Waals surface area contributed by atoms with Crippen molar-refractivity contribution in [1.29, 1.82) is 0 Å². The minimum Gasteiger partial charge on any atom is -0.464 e. The van der Waals surface area contributed by atoms with E-state index in [-0.39, 0.29) is 23.9 Å². The lowest BCUT2D eigenvalue weighted by atomic mass is 9.74. The Labute approximate surface area is 162 Å². The number of nitrogens with one attached hydrogen (secondary N) is 1. The number of carbonyl (C=O) groups is 2. The molecule has 27 heavy (non-hydrogen) atoms. The number of hydrogen-bond donors (Lipinski definition) is 1. The molecular formula is C22H33NO4. The van der Waals surface area contributed by atoms with E-state index in [9.17, 15) is 9.59 Å². The molecule has 5 heteroatoms. The number of esters is 1. The van der Waals surface area contributed by atoms with Crippen LogP contribution in [0.3, 0.4) is 0 Å². The van der Waals surface area contributed by atoms with Crippen LogP contribution in [0.25, 0.3) is 0 Å². The molecule has 0 aromatic heterocycles. The molecule has 1 saturated carbocycles. The standard InChI is InChI=1S/C22H33NO4/c1-7-27-20(25)22(10-8-21(5,26-6)9-11-22)23-19(24)14-18-16(3)12-15(2)13-17(18)4/h12-13H,7-11,14H2,1-6H3,(H,23,24).